The second kappa shape index (κ2) is 8.24. The van der Waals surface area contributed by atoms with Crippen LogP contribution in [-0.4, -0.2) is 22.8 Å². The van der Waals surface area contributed by atoms with E-state index in [-0.39, 0.29) is 30.1 Å². The Hall–Kier alpha value is -2.95. The Bertz CT molecular complexity index is 794. The van der Waals surface area contributed by atoms with E-state index in [1.165, 1.54) is 12.1 Å². The van der Waals surface area contributed by atoms with Crippen LogP contribution >= 0.6 is 0 Å². The van der Waals surface area contributed by atoms with Crippen LogP contribution in [0.4, 0.5) is 0 Å². The number of hydrogen-bond acceptors (Lipinski definition) is 3. The normalized spacial score (nSPS) is 10.3. The lowest BCUT2D eigenvalue weighted by Gasteiger charge is -2.08. The van der Waals surface area contributed by atoms with Crippen molar-refractivity contribution in [2.24, 2.45) is 0 Å². The maximum Gasteiger partial charge on any atom is 0.335 e. The molecule has 0 fully saturated rings. The number of rotatable bonds is 7. The molecule has 5 heteroatoms. The van der Waals surface area contributed by atoms with Gasteiger partial charge in [0.25, 0.3) is 0 Å². The second-order valence-corrected chi connectivity index (χ2v) is 6.02. The topological polar surface area (TPSA) is 83.5 Å². The lowest BCUT2D eigenvalue weighted by molar-refractivity contribution is -0.121. The maximum absolute atomic E-state index is 12.3. The fraction of sp³-hybridized carbons (Fsp3) is 0.250. The van der Waals surface area contributed by atoms with Gasteiger partial charge in [-0.05, 0) is 43.2 Å². The van der Waals surface area contributed by atoms with Crippen molar-refractivity contribution in [1.29, 1.82) is 0 Å². The van der Waals surface area contributed by atoms with Crippen LogP contribution in [0.5, 0.6) is 0 Å². The van der Waals surface area contributed by atoms with Crippen molar-refractivity contribution < 1.29 is 19.5 Å². The summed E-state index contributed by atoms with van der Waals surface area (Å²) in [5.41, 5.74) is 3.60. The average molecular weight is 339 g/mol. The van der Waals surface area contributed by atoms with Crippen molar-refractivity contribution in [3.05, 3.63) is 70.3 Å². The number of amides is 1. The maximum atomic E-state index is 12.3. The van der Waals surface area contributed by atoms with Crippen LogP contribution in [0.25, 0.3) is 0 Å². The number of carbonyl (C=O) groups is 3. The average Bonchev–Trinajstić information content (AvgIpc) is 2.60. The summed E-state index contributed by atoms with van der Waals surface area (Å²) in [6.07, 6.45) is 0.285. The number of hydrogen-bond donors (Lipinski definition) is 2. The summed E-state index contributed by atoms with van der Waals surface area (Å²) in [6, 6.07) is 12.0. The van der Waals surface area contributed by atoms with E-state index in [0.29, 0.717) is 12.1 Å². The Kier molecular flexibility index (Phi) is 6.06. The highest BCUT2D eigenvalue weighted by Gasteiger charge is 2.12. The second-order valence-electron chi connectivity index (χ2n) is 6.02. The smallest absolute Gasteiger partial charge is 0.335 e. The number of ketones is 1. The van der Waals surface area contributed by atoms with Gasteiger partial charge in [-0.3, -0.25) is 9.59 Å². The number of benzene rings is 2. The molecule has 0 aliphatic rings. The minimum atomic E-state index is -0.986. The predicted octanol–water partition coefficient (Wildman–Crippen LogP) is 3.28. The van der Waals surface area contributed by atoms with E-state index in [1.807, 2.05) is 32.0 Å². The van der Waals surface area contributed by atoms with Gasteiger partial charge in [-0.25, -0.2) is 4.79 Å². The van der Waals surface area contributed by atoms with Crippen molar-refractivity contribution in [3.63, 3.8) is 0 Å². The SMILES string of the molecule is Cc1ccc(C)c(C(=O)CCC(=O)NCc2ccc(C(=O)O)cc2)c1. The summed E-state index contributed by atoms with van der Waals surface area (Å²) in [5.74, 6) is -1.23. The van der Waals surface area contributed by atoms with E-state index in [1.54, 1.807) is 12.1 Å². The lowest BCUT2D eigenvalue weighted by atomic mass is 9.99. The Morgan fingerprint density at radius 3 is 2.28 bits per heavy atom. The van der Waals surface area contributed by atoms with Crippen LogP contribution in [0.3, 0.4) is 0 Å². The zero-order valence-electron chi connectivity index (χ0n) is 14.3. The van der Waals surface area contributed by atoms with Crippen molar-refractivity contribution in [2.75, 3.05) is 0 Å². The molecule has 25 heavy (non-hydrogen) atoms. The van der Waals surface area contributed by atoms with Crippen LogP contribution in [-0.2, 0) is 11.3 Å². The zero-order valence-corrected chi connectivity index (χ0v) is 14.3. The standard InChI is InChI=1S/C20H21NO4/c1-13-3-4-14(2)17(11-13)18(22)9-10-19(23)21-12-15-5-7-16(8-6-15)20(24)25/h3-8,11H,9-10,12H2,1-2H3,(H,21,23)(H,24,25). The number of aromatic carboxylic acids is 1. The Morgan fingerprint density at radius 2 is 1.64 bits per heavy atom. The third-order valence-corrected chi connectivity index (χ3v) is 3.96. The van der Waals surface area contributed by atoms with Gasteiger partial charge < -0.3 is 10.4 Å². The molecule has 2 aromatic rings. The molecule has 0 aliphatic carbocycles. The van der Waals surface area contributed by atoms with Gasteiger partial charge in [0.1, 0.15) is 0 Å². The van der Waals surface area contributed by atoms with Gasteiger partial charge in [0.2, 0.25) is 5.91 Å². The van der Waals surface area contributed by atoms with Crippen molar-refractivity contribution in [3.8, 4) is 0 Å². The zero-order chi connectivity index (χ0) is 18.4. The first kappa shape index (κ1) is 18.4. The van der Waals surface area contributed by atoms with Crippen molar-refractivity contribution >= 4 is 17.7 Å². The molecule has 0 atom stereocenters. The molecule has 0 aromatic heterocycles. The molecule has 0 saturated heterocycles. The van der Waals surface area contributed by atoms with Crippen molar-refractivity contribution in [2.45, 2.75) is 33.2 Å². The van der Waals surface area contributed by atoms with Gasteiger partial charge in [0, 0.05) is 24.9 Å². The highest BCUT2D eigenvalue weighted by molar-refractivity contribution is 5.99. The van der Waals surface area contributed by atoms with E-state index in [9.17, 15) is 14.4 Å². The largest absolute Gasteiger partial charge is 0.478 e. The third-order valence-electron chi connectivity index (χ3n) is 3.96. The van der Waals surface area contributed by atoms with Crippen LogP contribution in [0.1, 0.15) is 50.2 Å². The molecule has 2 rings (SSSR count). The number of nitrogens with one attached hydrogen (secondary N) is 1. The summed E-state index contributed by atoms with van der Waals surface area (Å²) < 4.78 is 0. The molecule has 0 spiro atoms. The van der Waals surface area contributed by atoms with E-state index >= 15 is 0 Å². The molecule has 1 amide bonds. The number of carboxylic acids is 1. The van der Waals surface area contributed by atoms with E-state index in [4.69, 9.17) is 5.11 Å². The summed E-state index contributed by atoms with van der Waals surface area (Å²) >= 11 is 0. The molecule has 2 aromatic carbocycles. The van der Waals surface area contributed by atoms with Crippen molar-refractivity contribution in [1.82, 2.24) is 5.32 Å². The molecule has 0 saturated carbocycles. The van der Waals surface area contributed by atoms with Crippen LogP contribution < -0.4 is 5.32 Å². The highest BCUT2D eigenvalue weighted by Crippen LogP contribution is 2.14. The molecule has 2 N–H and O–H groups in total. The monoisotopic (exact) mass is 339 g/mol. The van der Waals surface area contributed by atoms with Gasteiger partial charge >= 0.3 is 5.97 Å². The predicted molar refractivity (Wildman–Crippen MR) is 94.7 cm³/mol. The Labute approximate surface area is 146 Å². The van der Waals surface area contributed by atoms with Gasteiger partial charge in [-0.2, -0.15) is 0 Å². The first-order valence-corrected chi connectivity index (χ1v) is 8.06. The van der Waals surface area contributed by atoms with Gasteiger partial charge in [0.05, 0.1) is 5.56 Å². The van der Waals surface area contributed by atoms with Gasteiger partial charge in [0.15, 0.2) is 5.78 Å². The first-order chi connectivity index (χ1) is 11.9. The third kappa shape index (κ3) is 5.28. The fourth-order valence-corrected chi connectivity index (χ4v) is 2.45. The highest BCUT2D eigenvalue weighted by atomic mass is 16.4. The molecular formula is C20H21NO4. The van der Waals surface area contributed by atoms with Crippen LogP contribution in [0.2, 0.25) is 0 Å². The number of carbonyl (C=O) groups excluding carboxylic acids is 2. The minimum Gasteiger partial charge on any atom is -0.478 e. The molecular weight excluding hydrogens is 318 g/mol. The first-order valence-electron chi connectivity index (χ1n) is 8.06. The van der Waals surface area contributed by atoms with Gasteiger partial charge in [-0.15, -0.1) is 0 Å². The quantitative estimate of drug-likeness (QED) is 0.758. The summed E-state index contributed by atoms with van der Waals surface area (Å²) in [7, 11) is 0. The molecule has 5 nitrogen and oxygen atoms in total. The summed E-state index contributed by atoms with van der Waals surface area (Å²) in [5, 5.41) is 11.6. The number of Topliss-reactive ketones (excluding diaryl/α,β-unsaturated/α-hetero) is 1. The number of aryl methyl sites for hydroxylation is 2. The van der Waals surface area contributed by atoms with Gasteiger partial charge in [-0.1, -0.05) is 29.8 Å². The Morgan fingerprint density at radius 1 is 0.960 bits per heavy atom. The summed E-state index contributed by atoms with van der Waals surface area (Å²) in [4.78, 5) is 35.0. The minimum absolute atomic E-state index is 0.0397. The molecule has 130 valence electrons. The Balaban J connectivity index is 1.83. The van der Waals surface area contributed by atoms with E-state index < -0.39 is 5.97 Å². The fourth-order valence-electron chi connectivity index (χ4n) is 2.45. The van der Waals surface area contributed by atoms with E-state index in [0.717, 1.165) is 16.7 Å². The summed E-state index contributed by atoms with van der Waals surface area (Å²) in [6.45, 7) is 4.11. The van der Waals surface area contributed by atoms with Crippen LogP contribution in [0.15, 0.2) is 42.5 Å². The lowest BCUT2D eigenvalue weighted by Crippen LogP contribution is -2.23. The molecule has 0 heterocycles. The molecule has 0 unspecified atom stereocenters. The molecule has 0 aliphatic heterocycles. The van der Waals surface area contributed by atoms with E-state index in [2.05, 4.69) is 5.32 Å². The molecule has 0 radical (unpaired) electrons. The van der Waals surface area contributed by atoms with Crippen LogP contribution in [0, 0.1) is 13.8 Å². The molecule has 0 bridgehead atoms. The number of carboxylic acid groups (broad SMARTS) is 1.